The van der Waals surface area contributed by atoms with Crippen LogP contribution >= 0.6 is 0 Å². The molecule has 11 nitrogen and oxygen atoms in total. The molecule has 2 aliphatic heterocycles. The van der Waals surface area contributed by atoms with E-state index in [-0.39, 0.29) is 17.9 Å². The summed E-state index contributed by atoms with van der Waals surface area (Å²) in [4.78, 5) is 24.5. The first-order valence-electron chi connectivity index (χ1n) is 10.8. The second kappa shape index (κ2) is 8.50. The maximum absolute atomic E-state index is 13.5. The number of nitrogens with zero attached hydrogens (tertiary/aromatic N) is 5. The Hall–Kier alpha value is -4.41. The maximum atomic E-state index is 13.5. The van der Waals surface area contributed by atoms with Gasteiger partial charge in [-0.2, -0.15) is 10.2 Å². The Morgan fingerprint density at radius 2 is 1.97 bits per heavy atom. The third kappa shape index (κ3) is 3.70. The summed E-state index contributed by atoms with van der Waals surface area (Å²) >= 11 is 0. The number of hydrazone groups is 1. The molecule has 2 aliphatic rings. The molecule has 1 atom stereocenters. The monoisotopic (exact) mass is 463 g/mol. The number of hydrogen-bond donors (Lipinski definition) is 1. The van der Waals surface area contributed by atoms with Crippen molar-refractivity contribution in [3.63, 3.8) is 0 Å². The van der Waals surface area contributed by atoms with Crippen LogP contribution in [0.2, 0.25) is 0 Å². The number of phenolic OH excluding ortho intramolecular Hbond substituents is 1. The predicted molar refractivity (Wildman–Crippen MR) is 120 cm³/mol. The Bertz CT molecular complexity index is 1320. The van der Waals surface area contributed by atoms with Crippen molar-refractivity contribution in [2.45, 2.75) is 25.9 Å². The van der Waals surface area contributed by atoms with Crippen molar-refractivity contribution in [3.05, 3.63) is 75.6 Å². The van der Waals surface area contributed by atoms with Crippen molar-refractivity contribution in [1.29, 1.82) is 0 Å². The first-order valence-corrected chi connectivity index (χ1v) is 10.8. The summed E-state index contributed by atoms with van der Waals surface area (Å²) in [6, 6.07) is 11.3. The van der Waals surface area contributed by atoms with E-state index in [1.807, 2.05) is 6.07 Å². The Morgan fingerprint density at radius 3 is 2.71 bits per heavy atom. The van der Waals surface area contributed by atoms with Crippen molar-refractivity contribution in [1.82, 2.24) is 14.8 Å². The van der Waals surface area contributed by atoms with Gasteiger partial charge in [0.1, 0.15) is 25.2 Å². The van der Waals surface area contributed by atoms with Crippen LogP contribution in [0.4, 0.5) is 5.69 Å². The summed E-state index contributed by atoms with van der Waals surface area (Å²) < 4.78 is 12.6. The number of carbonyl (C=O) groups excluding carboxylic acids is 1. The zero-order valence-corrected chi connectivity index (χ0v) is 18.2. The number of benzene rings is 2. The van der Waals surface area contributed by atoms with Crippen molar-refractivity contribution >= 4 is 17.3 Å². The number of aromatic hydroxyl groups is 1. The van der Waals surface area contributed by atoms with Crippen molar-refractivity contribution in [2.75, 3.05) is 13.2 Å². The van der Waals surface area contributed by atoms with E-state index in [0.717, 1.165) is 5.01 Å². The highest BCUT2D eigenvalue weighted by Crippen LogP contribution is 2.40. The van der Waals surface area contributed by atoms with Crippen LogP contribution in [0.15, 0.2) is 53.8 Å². The quantitative estimate of drug-likeness (QED) is 0.453. The molecule has 0 radical (unpaired) electrons. The molecule has 0 aliphatic carbocycles. The molecule has 3 heterocycles. The number of nitro groups is 1. The summed E-state index contributed by atoms with van der Waals surface area (Å²) in [6.07, 6.45) is 1.51. The lowest BCUT2D eigenvalue weighted by atomic mass is 9.97. The van der Waals surface area contributed by atoms with Crippen LogP contribution in [-0.4, -0.2) is 49.7 Å². The van der Waals surface area contributed by atoms with E-state index in [4.69, 9.17) is 9.47 Å². The zero-order chi connectivity index (χ0) is 23.8. The smallest absolute Gasteiger partial charge is 0.320 e. The number of fused-ring (bicyclic) bond motifs is 1. The van der Waals surface area contributed by atoms with Crippen molar-refractivity contribution in [3.8, 4) is 17.2 Å². The Balaban J connectivity index is 1.58. The van der Waals surface area contributed by atoms with Gasteiger partial charge in [-0.3, -0.25) is 19.6 Å². The van der Waals surface area contributed by atoms with E-state index in [0.29, 0.717) is 48.1 Å². The second-order valence-corrected chi connectivity index (χ2v) is 7.81. The Morgan fingerprint density at radius 1 is 1.21 bits per heavy atom. The van der Waals surface area contributed by atoms with Gasteiger partial charge >= 0.3 is 11.6 Å². The molecule has 0 saturated carbocycles. The van der Waals surface area contributed by atoms with E-state index < -0.39 is 22.6 Å². The fourth-order valence-electron chi connectivity index (χ4n) is 4.07. The van der Waals surface area contributed by atoms with Crippen LogP contribution in [0.3, 0.4) is 0 Å². The molecule has 1 aromatic heterocycles. The lowest BCUT2D eigenvalue weighted by Crippen LogP contribution is -2.28. The molecular weight excluding hydrogens is 442 g/mol. The minimum absolute atomic E-state index is 0.00230. The molecule has 2 aromatic carbocycles. The van der Waals surface area contributed by atoms with E-state index >= 15 is 0 Å². The van der Waals surface area contributed by atoms with Crippen LogP contribution in [0.5, 0.6) is 17.2 Å². The molecule has 0 saturated heterocycles. The van der Waals surface area contributed by atoms with Crippen LogP contribution in [0.25, 0.3) is 0 Å². The minimum Gasteiger partial charge on any atom is -0.508 e. The molecule has 0 bridgehead atoms. The normalized spacial score (nSPS) is 16.9. The van der Waals surface area contributed by atoms with Gasteiger partial charge in [0.2, 0.25) is 5.69 Å². The van der Waals surface area contributed by atoms with Gasteiger partial charge in [-0.05, 0) is 31.2 Å². The van der Waals surface area contributed by atoms with Crippen LogP contribution in [-0.2, 0) is 6.54 Å². The fourth-order valence-corrected chi connectivity index (χ4v) is 4.07. The maximum Gasteiger partial charge on any atom is 0.320 e. The third-order valence-corrected chi connectivity index (χ3v) is 5.76. The number of ether oxygens (including phenoxy) is 2. The summed E-state index contributed by atoms with van der Waals surface area (Å²) in [7, 11) is 0. The standard InChI is InChI=1S/C23H21N5O6/c1-2-26-13-18(28(31)32)22(25-26)23(30)27-17(15-5-3-4-6-19(15)29)12-16(24-27)14-7-8-20-21(11-14)34-10-9-33-20/h3-8,11,13,17,29H,2,9-10,12H2,1H3/t17-/m1/s1. The fraction of sp³-hybridized carbons (Fsp3) is 0.261. The van der Waals surface area contributed by atoms with Gasteiger partial charge in [0, 0.05) is 24.1 Å². The van der Waals surface area contributed by atoms with Gasteiger partial charge in [0.05, 0.1) is 16.7 Å². The summed E-state index contributed by atoms with van der Waals surface area (Å²) in [5, 5.41) is 31.9. The molecule has 34 heavy (non-hydrogen) atoms. The highest BCUT2D eigenvalue weighted by atomic mass is 16.6. The SMILES string of the molecule is CCn1cc([N+](=O)[O-])c(C(=O)N2N=C(c3ccc4c(c3)OCCO4)C[C@@H]2c2ccccc2O)n1. The second-order valence-electron chi connectivity index (χ2n) is 7.81. The van der Waals surface area contributed by atoms with E-state index in [1.54, 1.807) is 37.3 Å². The van der Waals surface area contributed by atoms with Crippen LogP contribution < -0.4 is 9.47 Å². The molecule has 11 heteroatoms. The van der Waals surface area contributed by atoms with Gasteiger partial charge in [-0.1, -0.05) is 18.2 Å². The molecule has 5 rings (SSSR count). The number of aromatic nitrogens is 2. The van der Waals surface area contributed by atoms with Crippen molar-refractivity contribution < 1.29 is 24.3 Å². The van der Waals surface area contributed by atoms with Crippen molar-refractivity contribution in [2.24, 2.45) is 5.10 Å². The van der Waals surface area contributed by atoms with E-state index in [2.05, 4.69) is 10.2 Å². The average molecular weight is 463 g/mol. The van der Waals surface area contributed by atoms with Gasteiger partial charge in [-0.15, -0.1) is 0 Å². The number of para-hydroxylation sites is 1. The largest absolute Gasteiger partial charge is 0.508 e. The van der Waals surface area contributed by atoms with Crippen LogP contribution in [0, 0.1) is 10.1 Å². The lowest BCUT2D eigenvalue weighted by molar-refractivity contribution is -0.385. The van der Waals surface area contributed by atoms with E-state index in [9.17, 15) is 20.0 Å². The molecule has 0 fully saturated rings. The average Bonchev–Trinajstić information content (AvgIpc) is 3.49. The predicted octanol–water partition coefficient (Wildman–Crippen LogP) is 3.28. The van der Waals surface area contributed by atoms with Gasteiger partial charge < -0.3 is 14.6 Å². The molecule has 1 amide bonds. The summed E-state index contributed by atoms with van der Waals surface area (Å²) in [6.45, 7) is 3.03. The molecule has 0 unspecified atom stereocenters. The third-order valence-electron chi connectivity index (χ3n) is 5.76. The van der Waals surface area contributed by atoms with Crippen LogP contribution in [0.1, 0.15) is 41.0 Å². The number of amides is 1. The minimum atomic E-state index is -0.723. The molecule has 1 N–H and O–H groups in total. The molecule has 3 aromatic rings. The molecular formula is C23H21N5O6. The first kappa shape index (κ1) is 21.4. The summed E-state index contributed by atoms with van der Waals surface area (Å²) in [5.74, 6) is 0.476. The number of phenols is 1. The zero-order valence-electron chi connectivity index (χ0n) is 18.2. The number of hydrogen-bond acceptors (Lipinski definition) is 8. The Kier molecular flexibility index (Phi) is 5.36. The highest BCUT2D eigenvalue weighted by molar-refractivity contribution is 6.05. The first-order chi connectivity index (χ1) is 16.5. The molecule has 174 valence electrons. The highest BCUT2D eigenvalue weighted by Gasteiger charge is 2.39. The number of carbonyl (C=O) groups is 1. The van der Waals surface area contributed by atoms with Gasteiger partial charge in [0.15, 0.2) is 11.5 Å². The topological polar surface area (TPSA) is 132 Å². The van der Waals surface area contributed by atoms with E-state index in [1.165, 1.54) is 16.9 Å². The number of rotatable bonds is 5. The molecule has 0 spiro atoms. The number of aryl methyl sites for hydroxylation is 1. The summed E-state index contributed by atoms with van der Waals surface area (Å²) in [5.41, 5.74) is 1.06. The van der Waals surface area contributed by atoms with Gasteiger partial charge in [0.25, 0.3) is 0 Å². The van der Waals surface area contributed by atoms with Gasteiger partial charge in [-0.25, -0.2) is 5.01 Å². The lowest BCUT2D eigenvalue weighted by Gasteiger charge is -2.21. The Labute approximate surface area is 194 Å².